The highest BCUT2D eigenvalue weighted by molar-refractivity contribution is 5.82. The van der Waals surface area contributed by atoms with Gasteiger partial charge in [-0.3, -0.25) is 9.69 Å². The van der Waals surface area contributed by atoms with Crippen LogP contribution < -0.4 is 14.2 Å². The fraction of sp³-hybridized carbons (Fsp3) is 0.435. The molecule has 30 heavy (non-hydrogen) atoms. The summed E-state index contributed by atoms with van der Waals surface area (Å²) in [6.45, 7) is 2.35. The standard InChI is InChI=1S/C23H24N2O5/c1-27-18-9-15(10-19-22(18)29-14-28-19)12-24-8-7-23-20(24)11-21(26)25(23)17(13-30-23)16-5-3-2-4-6-16/h2-6,9-10,17,20H,7-8,11-14H2,1H3/t17-,20+,23-/m0/s1. The summed E-state index contributed by atoms with van der Waals surface area (Å²) < 4.78 is 23.0. The molecule has 3 atom stereocenters. The molecule has 0 aliphatic carbocycles. The molecule has 4 aliphatic rings. The summed E-state index contributed by atoms with van der Waals surface area (Å²) >= 11 is 0. The Morgan fingerprint density at radius 1 is 1.20 bits per heavy atom. The minimum Gasteiger partial charge on any atom is -0.493 e. The summed E-state index contributed by atoms with van der Waals surface area (Å²) in [6, 6.07) is 14.3. The maximum Gasteiger partial charge on any atom is 0.231 e. The minimum atomic E-state index is -0.516. The van der Waals surface area contributed by atoms with Gasteiger partial charge in [-0.25, -0.2) is 0 Å². The molecule has 4 aliphatic heterocycles. The molecule has 2 aromatic rings. The highest BCUT2D eigenvalue weighted by Gasteiger charge is 2.64. The second-order valence-electron chi connectivity index (χ2n) is 8.32. The van der Waals surface area contributed by atoms with Crippen molar-refractivity contribution in [3.8, 4) is 17.2 Å². The number of amides is 1. The first kappa shape index (κ1) is 18.0. The first-order valence-corrected chi connectivity index (χ1v) is 10.4. The Kier molecular flexibility index (Phi) is 3.98. The Hall–Kier alpha value is -2.77. The zero-order valence-corrected chi connectivity index (χ0v) is 16.9. The number of rotatable bonds is 4. The first-order chi connectivity index (χ1) is 14.7. The fourth-order valence-corrected chi connectivity index (χ4v) is 5.55. The number of ether oxygens (including phenoxy) is 4. The monoisotopic (exact) mass is 408 g/mol. The van der Waals surface area contributed by atoms with Gasteiger partial charge in [-0.1, -0.05) is 30.3 Å². The number of methoxy groups -OCH3 is 1. The summed E-state index contributed by atoms with van der Waals surface area (Å²) in [6.07, 6.45) is 1.32. The van der Waals surface area contributed by atoms with Crippen molar-refractivity contribution in [2.24, 2.45) is 0 Å². The lowest BCUT2D eigenvalue weighted by molar-refractivity contribution is -0.138. The predicted octanol–water partition coefficient (Wildman–Crippen LogP) is 2.70. The van der Waals surface area contributed by atoms with Crippen LogP contribution in [0.5, 0.6) is 17.2 Å². The summed E-state index contributed by atoms with van der Waals surface area (Å²) in [4.78, 5) is 17.4. The summed E-state index contributed by atoms with van der Waals surface area (Å²) in [7, 11) is 1.63. The molecule has 0 aromatic heterocycles. The lowest BCUT2D eigenvalue weighted by Gasteiger charge is -2.33. The summed E-state index contributed by atoms with van der Waals surface area (Å²) in [5, 5.41) is 0. The molecule has 3 saturated heterocycles. The molecule has 0 radical (unpaired) electrons. The molecular weight excluding hydrogens is 384 g/mol. The van der Waals surface area contributed by atoms with Crippen molar-refractivity contribution >= 4 is 5.91 Å². The number of fused-ring (bicyclic) bond motifs is 1. The Bertz CT molecular complexity index is 997. The number of carbonyl (C=O) groups is 1. The van der Waals surface area contributed by atoms with E-state index in [2.05, 4.69) is 17.0 Å². The highest BCUT2D eigenvalue weighted by Crippen LogP contribution is 2.52. The number of hydrogen-bond donors (Lipinski definition) is 0. The van der Waals surface area contributed by atoms with Crippen LogP contribution in [0.3, 0.4) is 0 Å². The van der Waals surface area contributed by atoms with Crippen LogP contribution in [0, 0.1) is 0 Å². The van der Waals surface area contributed by atoms with Crippen molar-refractivity contribution < 1.29 is 23.7 Å². The zero-order valence-electron chi connectivity index (χ0n) is 16.9. The predicted molar refractivity (Wildman–Crippen MR) is 107 cm³/mol. The molecule has 1 amide bonds. The van der Waals surface area contributed by atoms with Crippen molar-refractivity contribution in [2.45, 2.75) is 37.2 Å². The van der Waals surface area contributed by atoms with E-state index in [-0.39, 0.29) is 24.8 Å². The molecule has 0 bridgehead atoms. The number of hydrogen-bond acceptors (Lipinski definition) is 6. The Morgan fingerprint density at radius 2 is 2.07 bits per heavy atom. The van der Waals surface area contributed by atoms with Gasteiger partial charge in [-0.05, 0) is 23.3 Å². The van der Waals surface area contributed by atoms with Gasteiger partial charge >= 0.3 is 0 Å². The van der Waals surface area contributed by atoms with Gasteiger partial charge in [-0.2, -0.15) is 0 Å². The number of nitrogens with zero attached hydrogens (tertiary/aromatic N) is 2. The van der Waals surface area contributed by atoms with Crippen LogP contribution in [0.2, 0.25) is 0 Å². The van der Waals surface area contributed by atoms with Crippen LogP contribution in [0.25, 0.3) is 0 Å². The molecule has 4 heterocycles. The average molecular weight is 408 g/mol. The van der Waals surface area contributed by atoms with Gasteiger partial charge < -0.3 is 23.8 Å². The van der Waals surface area contributed by atoms with Crippen LogP contribution in [0.15, 0.2) is 42.5 Å². The van der Waals surface area contributed by atoms with Crippen LogP contribution >= 0.6 is 0 Å². The van der Waals surface area contributed by atoms with Gasteiger partial charge in [0.25, 0.3) is 0 Å². The zero-order chi connectivity index (χ0) is 20.3. The van der Waals surface area contributed by atoms with Crippen LogP contribution in [-0.4, -0.2) is 54.5 Å². The largest absolute Gasteiger partial charge is 0.493 e. The third kappa shape index (κ3) is 2.48. The third-order valence-electron chi connectivity index (χ3n) is 6.85. The van der Waals surface area contributed by atoms with E-state index in [0.29, 0.717) is 36.8 Å². The molecule has 2 aromatic carbocycles. The highest BCUT2D eigenvalue weighted by atomic mass is 16.7. The maximum atomic E-state index is 13.1. The third-order valence-corrected chi connectivity index (χ3v) is 6.85. The van der Waals surface area contributed by atoms with Gasteiger partial charge in [0.2, 0.25) is 18.4 Å². The van der Waals surface area contributed by atoms with Gasteiger partial charge in [0, 0.05) is 25.9 Å². The van der Waals surface area contributed by atoms with Gasteiger partial charge in [0.05, 0.1) is 25.8 Å². The van der Waals surface area contributed by atoms with E-state index in [1.54, 1.807) is 7.11 Å². The average Bonchev–Trinajstić information content (AvgIpc) is 3.51. The summed E-state index contributed by atoms with van der Waals surface area (Å²) in [5.74, 6) is 2.23. The van der Waals surface area contributed by atoms with Crippen LogP contribution in [-0.2, 0) is 16.1 Å². The van der Waals surface area contributed by atoms with E-state index in [4.69, 9.17) is 18.9 Å². The van der Waals surface area contributed by atoms with E-state index in [0.717, 1.165) is 24.1 Å². The van der Waals surface area contributed by atoms with Gasteiger partial charge in [0.15, 0.2) is 17.2 Å². The fourth-order valence-electron chi connectivity index (χ4n) is 5.55. The van der Waals surface area contributed by atoms with Crippen molar-refractivity contribution in [3.05, 3.63) is 53.6 Å². The Morgan fingerprint density at radius 3 is 2.90 bits per heavy atom. The second kappa shape index (κ2) is 6.62. The molecule has 7 nitrogen and oxygen atoms in total. The van der Waals surface area contributed by atoms with Crippen molar-refractivity contribution in [1.82, 2.24) is 9.80 Å². The number of benzene rings is 2. The van der Waals surface area contributed by atoms with E-state index < -0.39 is 5.72 Å². The van der Waals surface area contributed by atoms with E-state index in [9.17, 15) is 4.79 Å². The van der Waals surface area contributed by atoms with E-state index >= 15 is 0 Å². The van der Waals surface area contributed by atoms with Crippen molar-refractivity contribution in [1.29, 1.82) is 0 Å². The van der Waals surface area contributed by atoms with Crippen LogP contribution in [0.1, 0.15) is 30.0 Å². The number of carbonyl (C=O) groups excluding carboxylic acids is 1. The maximum absolute atomic E-state index is 13.1. The van der Waals surface area contributed by atoms with Gasteiger partial charge in [-0.15, -0.1) is 0 Å². The summed E-state index contributed by atoms with van der Waals surface area (Å²) in [5.41, 5.74) is 1.71. The molecule has 156 valence electrons. The minimum absolute atomic E-state index is 0.00529. The molecule has 0 N–H and O–H groups in total. The lowest BCUT2D eigenvalue weighted by atomic mass is 10.0. The SMILES string of the molecule is COc1cc(CN2CC[C@@]34OC[C@@H](c5ccccc5)N3C(=O)C[C@@H]24)cc2c1OCO2. The van der Waals surface area contributed by atoms with Gasteiger partial charge in [0.1, 0.15) is 0 Å². The molecule has 0 saturated carbocycles. The van der Waals surface area contributed by atoms with E-state index in [1.807, 2.05) is 35.2 Å². The lowest BCUT2D eigenvalue weighted by Crippen LogP contribution is -2.48. The normalized spacial score (nSPS) is 29.4. The topological polar surface area (TPSA) is 60.5 Å². The first-order valence-electron chi connectivity index (χ1n) is 10.4. The van der Waals surface area contributed by atoms with Crippen LogP contribution in [0.4, 0.5) is 0 Å². The van der Waals surface area contributed by atoms with Crippen molar-refractivity contribution in [3.63, 3.8) is 0 Å². The Balaban J connectivity index is 1.27. The molecule has 3 fully saturated rings. The molecule has 6 rings (SSSR count). The quantitative estimate of drug-likeness (QED) is 0.775. The smallest absolute Gasteiger partial charge is 0.231 e. The van der Waals surface area contributed by atoms with Crippen molar-refractivity contribution in [2.75, 3.05) is 27.1 Å². The number of likely N-dealkylation sites (tertiary alicyclic amines) is 1. The molecule has 1 spiro atoms. The van der Waals surface area contributed by atoms with E-state index in [1.165, 1.54) is 0 Å². The Labute approximate surface area is 175 Å². The molecule has 7 heteroatoms. The molecule has 0 unspecified atom stereocenters. The molecular formula is C23H24N2O5. The second-order valence-corrected chi connectivity index (χ2v) is 8.32.